The normalized spacial score (nSPS) is 11.8. The third-order valence-corrected chi connectivity index (χ3v) is 14.4. The van der Waals surface area contributed by atoms with Gasteiger partial charge in [-0.25, -0.2) is 15.0 Å². The first kappa shape index (κ1) is 35.9. The highest BCUT2D eigenvalue weighted by Crippen LogP contribution is 2.45. The molecule has 9 aromatic carbocycles. The number of nitrogens with zero attached hydrogens (tertiary/aromatic N) is 3. The number of furan rings is 1. The molecule has 0 aliphatic carbocycles. The van der Waals surface area contributed by atoms with Gasteiger partial charge in [-0.3, -0.25) is 0 Å². The average Bonchev–Trinajstić information content (AvgIpc) is 4.05. The summed E-state index contributed by atoms with van der Waals surface area (Å²) in [5, 5.41) is 7.17. The van der Waals surface area contributed by atoms with Gasteiger partial charge in [0.15, 0.2) is 17.5 Å². The number of hydrogen-bond donors (Lipinski definition) is 0. The van der Waals surface area contributed by atoms with E-state index in [4.69, 9.17) is 19.4 Å². The summed E-state index contributed by atoms with van der Waals surface area (Å²) >= 11 is 3.72. The van der Waals surface area contributed by atoms with Crippen molar-refractivity contribution in [2.75, 3.05) is 0 Å². The standard InChI is InChI=1S/C57H33N3OS2/c1-3-12-34(13-4-1)36-16-9-17-40(30-36)56-58-55(35-14-5-2-6-15-35)59-57(60-56)45-20-10-21-48-53(45)46-31-39(26-29-47(46)61-48)41-19-11-23-50-54(41)44-28-25-38(33-52(44)63-50)37-24-27-43-42-18-7-8-22-49(42)62-51(43)32-37/h1-33H. The van der Waals surface area contributed by atoms with Gasteiger partial charge in [0, 0.05) is 67.8 Å². The van der Waals surface area contributed by atoms with E-state index in [1.807, 2.05) is 71.2 Å². The molecule has 13 rings (SSSR count). The van der Waals surface area contributed by atoms with Crippen molar-refractivity contribution >= 4 is 85.0 Å². The van der Waals surface area contributed by atoms with Crippen LogP contribution >= 0.6 is 22.7 Å². The van der Waals surface area contributed by atoms with E-state index in [0.717, 1.165) is 55.3 Å². The minimum atomic E-state index is 0.593. The van der Waals surface area contributed by atoms with Crippen LogP contribution in [0.1, 0.15) is 0 Å². The molecule has 294 valence electrons. The minimum Gasteiger partial charge on any atom is -0.456 e. The van der Waals surface area contributed by atoms with E-state index in [2.05, 4.69) is 152 Å². The van der Waals surface area contributed by atoms with Gasteiger partial charge in [0.1, 0.15) is 11.2 Å². The number of benzene rings is 9. The Bertz CT molecular complexity index is 3920. The van der Waals surface area contributed by atoms with Gasteiger partial charge in [-0.05, 0) is 81.9 Å². The molecule has 0 aliphatic rings. The topological polar surface area (TPSA) is 51.8 Å². The molecule has 0 spiro atoms. The molecule has 4 heterocycles. The van der Waals surface area contributed by atoms with Crippen LogP contribution < -0.4 is 0 Å². The molecule has 0 saturated carbocycles. The zero-order valence-electron chi connectivity index (χ0n) is 33.6. The third kappa shape index (κ3) is 6.06. The summed E-state index contributed by atoms with van der Waals surface area (Å²) in [5.74, 6) is 1.82. The Morgan fingerprint density at radius 2 is 0.857 bits per heavy atom. The van der Waals surface area contributed by atoms with Gasteiger partial charge >= 0.3 is 0 Å². The summed E-state index contributed by atoms with van der Waals surface area (Å²) in [6.45, 7) is 0. The highest BCUT2D eigenvalue weighted by atomic mass is 32.1. The maximum atomic E-state index is 6.57. The van der Waals surface area contributed by atoms with Crippen LogP contribution in [0.3, 0.4) is 0 Å². The molecule has 0 radical (unpaired) electrons. The van der Waals surface area contributed by atoms with Crippen molar-refractivity contribution in [2.45, 2.75) is 0 Å². The summed E-state index contributed by atoms with van der Waals surface area (Å²) in [6.07, 6.45) is 0. The fourth-order valence-corrected chi connectivity index (χ4v) is 11.5. The zero-order valence-corrected chi connectivity index (χ0v) is 35.3. The number of rotatable bonds is 6. The molecule has 0 atom stereocenters. The second-order valence-electron chi connectivity index (χ2n) is 15.9. The molecule has 4 aromatic heterocycles. The van der Waals surface area contributed by atoms with Crippen LogP contribution in [0.2, 0.25) is 0 Å². The van der Waals surface area contributed by atoms with Gasteiger partial charge < -0.3 is 4.42 Å². The molecular formula is C57H33N3OS2. The minimum absolute atomic E-state index is 0.593. The maximum absolute atomic E-state index is 6.57. The summed E-state index contributed by atoms with van der Waals surface area (Å²) in [4.78, 5) is 15.4. The average molecular weight is 840 g/mol. The highest BCUT2D eigenvalue weighted by molar-refractivity contribution is 7.26. The van der Waals surface area contributed by atoms with Crippen LogP contribution in [-0.2, 0) is 0 Å². The number of thiophene rings is 2. The fourth-order valence-electron chi connectivity index (χ4n) is 9.14. The van der Waals surface area contributed by atoms with Crippen LogP contribution in [0.15, 0.2) is 205 Å². The second kappa shape index (κ2) is 14.4. The van der Waals surface area contributed by atoms with Gasteiger partial charge in [0.25, 0.3) is 0 Å². The molecule has 63 heavy (non-hydrogen) atoms. The Morgan fingerprint density at radius 1 is 0.286 bits per heavy atom. The lowest BCUT2D eigenvalue weighted by Gasteiger charge is -2.10. The van der Waals surface area contributed by atoms with E-state index in [-0.39, 0.29) is 0 Å². The van der Waals surface area contributed by atoms with Crippen molar-refractivity contribution in [1.82, 2.24) is 15.0 Å². The number of aromatic nitrogens is 3. The summed E-state index contributed by atoms with van der Waals surface area (Å²) < 4.78 is 11.8. The van der Waals surface area contributed by atoms with E-state index in [9.17, 15) is 0 Å². The van der Waals surface area contributed by atoms with Crippen LogP contribution in [0, 0.1) is 0 Å². The first-order valence-electron chi connectivity index (χ1n) is 21.0. The SMILES string of the molecule is c1ccc(-c2cccc(-c3nc(-c4ccccc4)nc(-c4cccc5oc6ccc(-c7cccc8sc9cc(-c%10ccc%11c(c%10)sc%10ccccc%10%11)ccc9c78)cc6c45)n3)c2)cc1. The van der Waals surface area contributed by atoms with Gasteiger partial charge in [-0.1, -0.05) is 152 Å². The molecule has 4 nitrogen and oxygen atoms in total. The molecule has 0 fully saturated rings. The molecule has 0 bridgehead atoms. The Hall–Kier alpha value is -7.77. The molecule has 0 aliphatic heterocycles. The molecular weight excluding hydrogens is 807 g/mol. The molecule has 0 unspecified atom stereocenters. The number of fused-ring (bicyclic) bond motifs is 9. The lowest BCUT2D eigenvalue weighted by Crippen LogP contribution is -2.00. The first-order valence-corrected chi connectivity index (χ1v) is 22.6. The van der Waals surface area contributed by atoms with E-state index < -0.39 is 0 Å². The summed E-state index contributed by atoms with van der Waals surface area (Å²) in [6, 6.07) is 70.9. The third-order valence-electron chi connectivity index (χ3n) is 12.2. The Labute approximate surface area is 370 Å². The van der Waals surface area contributed by atoms with Gasteiger partial charge in [0.2, 0.25) is 0 Å². The molecule has 0 saturated heterocycles. The molecule has 6 heteroatoms. The van der Waals surface area contributed by atoms with Crippen molar-refractivity contribution in [3.8, 4) is 67.5 Å². The second-order valence-corrected chi connectivity index (χ2v) is 18.1. The van der Waals surface area contributed by atoms with Crippen LogP contribution in [0.5, 0.6) is 0 Å². The van der Waals surface area contributed by atoms with Crippen LogP contribution in [0.4, 0.5) is 0 Å². The molecule has 0 N–H and O–H groups in total. The van der Waals surface area contributed by atoms with Gasteiger partial charge in [-0.15, -0.1) is 22.7 Å². The van der Waals surface area contributed by atoms with Crippen molar-refractivity contribution in [2.24, 2.45) is 0 Å². The maximum Gasteiger partial charge on any atom is 0.164 e. The smallest absolute Gasteiger partial charge is 0.164 e. The summed E-state index contributed by atoms with van der Waals surface area (Å²) in [7, 11) is 0. The largest absolute Gasteiger partial charge is 0.456 e. The van der Waals surface area contributed by atoms with E-state index in [1.165, 1.54) is 57.0 Å². The van der Waals surface area contributed by atoms with E-state index in [0.29, 0.717) is 17.5 Å². The highest BCUT2D eigenvalue weighted by Gasteiger charge is 2.20. The van der Waals surface area contributed by atoms with Crippen molar-refractivity contribution in [3.63, 3.8) is 0 Å². The summed E-state index contributed by atoms with van der Waals surface area (Å²) in [5.41, 5.74) is 11.4. The van der Waals surface area contributed by atoms with E-state index >= 15 is 0 Å². The fraction of sp³-hybridized carbons (Fsp3) is 0. The molecule has 0 amide bonds. The van der Waals surface area contributed by atoms with Gasteiger partial charge in [0.05, 0.1) is 0 Å². The number of hydrogen-bond acceptors (Lipinski definition) is 6. The van der Waals surface area contributed by atoms with Crippen molar-refractivity contribution in [1.29, 1.82) is 0 Å². The monoisotopic (exact) mass is 839 g/mol. The first-order chi connectivity index (χ1) is 31.2. The predicted octanol–water partition coefficient (Wildman–Crippen LogP) is 16.5. The molecule has 13 aromatic rings. The van der Waals surface area contributed by atoms with Gasteiger partial charge in [-0.2, -0.15) is 0 Å². The predicted molar refractivity (Wildman–Crippen MR) is 265 cm³/mol. The van der Waals surface area contributed by atoms with Crippen LogP contribution in [0.25, 0.3) is 130 Å². The quantitative estimate of drug-likeness (QED) is 0.167. The van der Waals surface area contributed by atoms with Crippen LogP contribution in [-0.4, -0.2) is 15.0 Å². The zero-order chi connectivity index (χ0) is 41.4. The Morgan fingerprint density at radius 3 is 1.70 bits per heavy atom. The van der Waals surface area contributed by atoms with Crippen molar-refractivity contribution in [3.05, 3.63) is 200 Å². The Kier molecular flexibility index (Phi) is 8.22. The lowest BCUT2D eigenvalue weighted by molar-refractivity contribution is 0.669. The Balaban J connectivity index is 0.941. The van der Waals surface area contributed by atoms with E-state index in [1.54, 1.807) is 0 Å². The lowest BCUT2D eigenvalue weighted by atomic mass is 9.96. The van der Waals surface area contributed by atoms with Crippen molar-refractivity contribution < 1.29 is 4.42 Å².